The van der Waals surface area contributed by atoms with Crippen LogP contribution in [0.1, 0.15) is 56.1 Å². The first kappa shape index (κ1) is 17.8. The molecule has 2 N–H and O–H groups in total. The molecule has 0 aliphatic heterocycles. The predicted molar refractivity (Wildman–Crippen MR) is 95.3 cm³/mol. The molecule has 23 heavy (non-hydrogen) atoms. The summed E-state index contributed by atoms with van der Waals surface area (Å²) in [5.41, 5.74) is 2.43. The predicted octanol–water partition coefficient (Wildman–Crippen LogP) is 3.66. The topological polar surface area (TPSA) is 44.4 Å². The van der Waals surface area contributed by atoms with Crippen LogP contribution in [0.2, 0.25) is 0 Å². The first-order chi connectivity index (χ1) is 11.1. The molecular weight excluding hydrogens is 286 g/mol. The smallest absolute Gasteiger partial charge is 0.315 e. The zero-order valence-electron chi connectivity index (χ0n) is 14.6. The van der Waals surface area contributed by atoms with E-state index in [0.717, 1.165) is 24.9 Å². The lowest BCUT2D eigenvalue weighted by Gasteiger charge is -2.21. The first-order valence-electron chi connectivity index (χ1n) is 8.90. The molecule has 0 bridgehead atoms. The molecule has 0 atom stereocenters. The summed E-state index contributed by atoms with van der Waals surface area (Å²) < 4.78 is 0. The third-order valence-electron chi connectivity index (χ3n) is 4.42. The number of rotatable bonds is 5. The Balaban J connectivity index is 1.72. The van der Waals surface area contributed by atoms with Crippen molar-refractivity contribution in [3.05, 3.63) is 35.4 Å². The molecule has 0 saturated heterocycles. The average molecular weight is 317 g/mol. The van der Waals surface area contributed by atoms with Crippen LogP contribution < -0.4 is 10.6 Å². The first-order valence-corrected chi connectivity index (χ1v) is 8.90. The molecule has 4 nitrogen and oxygen atoms in total. The summed E-state index contributed by atoms with van der Waals surface area (Å²) >= 11 is 0. The van der Waals surface area contributed by atoms with Gasteiger partial charge in [-0.1, -0.05) is 56.4 Å². The van der Waals surface area contributed by atoms with E-state index >= 15 is 0 Å². The lowest BCUT2D eigenvalue weighted by atomic mass is 9.97. The van der Waals surface area contributed by atoms with E-state index in [4.69, 9.17) is 0 Å². The van der Waals surface area contributed by atoms with Crippen molar-refractivity contribution < 1.29 is 4.79 Å². The molecule has 2 amide bonds. The molecule has 1 aliphatic carbocycles. The molecule has 0 aromatic heterocycles. The molecule has 1 aromatic rings. The van der Waals surface area contributed by atoms with Gasteiger partial charge in [-0.05, 0) is 38.1 Å². The van der Waals surface area contributed by atoms with Gasteiger partial charge >= 0.3 is 6.03 Å². The Kier molecular flexibility index (Phi) is 7.40. The minimum Gasteiger partial charge on any atom is -0.335 e. The Morgan fingerprint density at radius 1 is 1.00 bits per heavy atom. The van der Waals surface area contributed by atoms with Crippen molar-refractivity contribution in [3.8, 4) is 0 Å². The van der Waals surface area contributed by atoms with E-state index < -0.39 is 0 Å². The van der Waals surface area contributed by atoms with Crippen molar-refractivity contribution in [3.63, 3.8) is 0 Å². The van der Waals surface area contributed by atoms with Crippen LogP contribution in [0.3, 0.4) is 0 Å². The number of urea groups is 1. The molecule has 0 spiro atoms. The van der Waals surface area contributed by atoms with Crippen molar-refractivity contribution in [2.45, 2.75) is 64.1 Å². The second-order valence-electron chi connectivity index (χ2n) is 6.92. The van der Waals surface area contributed by atoms with Crippen molar-refractivity contribution in [1.29, 1.82) is 0 Å². The van der Waals surface area contributed by atoms with Gasteiger partial charge in [0, 0.05) is 19.1 Å². The van der Waals surface area contributed by atoms with Crippen molar-refractivity contribution >= 4 is 6.03 Å². The van der Waals surface area contributed by atoms with Gasteiger partial charge < -0.3 is 15.5 Å². The maximum absolute atomic E-state index is 12.1. The molecule has 128 valence electrons. The van der Waals surface area contributed by atoms with Crippen LogP contribution in [-0.2, 0) is 13.1 Å². The molecule has 1 fully saturated rings. The molecular formula is C19H31N3O. The second kappa shape index (κ2) is 9.56. The molecule has 2 rings (SSSR count). The lowest BCUT2D eigenvalue weighted by Crippen LogP contribution is -2.42. The minimum absolute atomic E-state index is 0.0343. The highest BCUT2D eigenvalue weighted by Crippen LogP contribution is 2.17. The van der Waals surface area contributed by atoms with Crippen LogP contribution in [0.4, 0.5) is 4.79 Å². The van der Waals surface area contributed by atoms with Crippen molar-refractivity contribution in [2.24, 2.45) is 0 Å². The molecule has 4 heteroatoms. The van der Waals surface area contributed by atoms with Gasteiger partial charge in [0.15, 0.2) is 0 Å². The number of hydrogen-bond donors (Lipinski definition) is 2. The molecule has 0 unspecified atom stereocenters. The summed E-state index contributed by atoms with van der Waals surface area (Å²) in [5.74, 6) is 0. The second-order valence-corrected chi connectivity index (χ2v) is 6.92. The summed E-state index contributed by atoms with van der Waals surface area (Å²) in [6.07, 6.45) is 8.66. The van der Waals surface area contributed by atoms with Crippen LogP contribution in [0.25, 0.3) is 0 Å². The number of nitrogens with zero attached hydrogens (tertiary/aromatic N) is 1. The number of benzene rings is 1. The highest BCUT2D eigenvalue weighted by atomic mass is 16.2. The van der Waals surface area contributed by atoms with Crippen LogP contribution in [0, 0.1) is 0 Å². The Morgan fingerprint density at radius 3 is 2.17 bits per heavy atom. The van der Waals surface area contributed by atoms with Gasteiger partial charge in [0.1, 0.15) is 0 Å². The fourth-order valence-electron chi connectivity index (χ4n) is 3.15. The molecule has 0 heterocycles. The lowest BCUT2D eigenvalue weighted by molar-refractivity contribution is 0.233. The highest BCUT2D eigenvalue weighted by Gasteiger charge is 2.13. The van der Waals surface area contributed by atoms with Gasteiger partial charge in [0.25, 0.3) is 0 Å². The van der Waals surface area contributed by atoms with E-state index in [0.29, 0.717) is 12.6 Å². The number of carbonyl (C=O) groups is 1. The summed E-state index contributed by atoms with van der Waals surface area (Å²) in [6, 6.07) is 8.75. The minimum atomic E-state index is -0.0343. The van der Waals surface area contributed by atoms with Crippen LogP contribution in [-0.4, -0.2) is 31.1 Å². The Labute approximate surface area is 140 Å². The van der Waals surface area contributed by atoms with E-state index in [1.807, 2.05) is 0 Å². The monoisotopic (exact) mass is 317 g/mol. The van der Waals surface area contributed by atoms with Crippen LogP contribution >= 0.6 is 0 Å². The van der Waals surface area contributed by atoms with Gasteiger partial charge in [0.2, 0.25) is 0 Å². The fraction of sp³-hybridized carbons (Fsp3) is 0.632. The zero-order chi connectivity index (χ0) is 16.5. The maximum Gasteiger partial charge on any atom is 0.315 e. The molecule has 0 radical (unpaired) electrons. The Hall–Kier alpha value is -1.55. The van der Waals surface area contributed by atoms with Crippen LogP contribution in [0.15, 0.2) is 24.3 Å². The largest absolute Gasteiger partial charge is 0.335 e. The molecule has 1 aliphatic rings. The highest BCUT2D eigenvalue weighted by molar-refractivity contribution is 5.74. The number of carbonyl (C=O) groups excluding carboxylic acids is 1. The molecule has 1 aromatic carbocycles. The average Bonchev–Trinajstić information content (AvgIpc) is 2.48. The van der Waals surface area contributed by atoms with E-state index in [1.54, 1.807) is 0 Å². The summed E-state index contributed by atoms with van der Waals surface area (Å²) in [5, 5.41) is 6.12. The summed E-state index contributed by atoms with van der Waals surface area (Å²) in [7, 11) is 4.13. The normalized spacial score (nSPS) is 16.7. The van der Waals surface area contributed by atoms with Gasteiger partial charge in [-0.15, -0.1) is 0 Å². The summed E-state index contributed by atoms with van der Waals surface area (Å²) in [6.45, 7) is 1.52. The fourth-order valence-corrected chi connectivity index (χ4v) is 3.15. The van der Waals surface area contributed by atoms with E-state index in [2.05, 4.69) is 53.9 Å². The van der Waals surface area contributed by atoms with Gasteiger partial charge in [-0.3, -0.25) is 0 Å². The third-order valence-corrected chi connectivity index (χ3v) is 4.42. The quantitative estimate of drug-likeness (QED) is 0.870. The van der Waals surface area contributed by atoms with Crippen molar-refractivity contribution in [1.82, 2.24) is 15.5 Å². The maximum atomic E-state index is 12.1. The van der Waals surface area contributed by atoms with Crippen LogP contribution in [0.5, 0.6) is 0 Å². The standard InChI is InChI=1S/C19H31N3O/c1-22(2)15-17-12-10-16(11-13-17)14-20-19(23)21-18-8-6-4-3-5-7-9-18/h10-13,18H,3-9,14-15H2,1-2H3,(H2,20,21,23). The van der Waals surface area contributed by atoms with Gasteiger partial charge in [-0.25, -0.2) is 4.79 Å². The number of nitrogens with one attached hydrogen (secondary N) is 2. The summed E-state index contributed by atoms with van der Waals surface area (Å²) in [4.78, 5) is 14.2. The van der Waals surface area contributed by atoms with Gasteiger partial charge in [-0.2, -0.15) is 0 Å². The van der Waals surface area contributed by atoms with E-state index in [9.17, 15) is 4.79 Å². The number of amides is 2. The van der Waals surface area contributed by atoms with E-state index in [-0.39, 0.29) is 6.03 Å². The molecule has 1 saturated carbocycles. The van der Waals surface area contributed by atoms with Crippen molar-refractivity contribution in [2.75, 3.05) is 14.1 Å². The third kappa shape index (κ3) is 7.04. The SMILES string of the molecule is CN(C)Cc1ccc(CNC(=O)NC2CCCCCCC2)cc1. The zero-order valence-corrected chi connectivity index (χ0v) is 14.6. The van der Waals surface area contributed by atoms with E-state index in [1.165, 1.54) is 37.7 Å². The van der Waals surface area contributed by atoms with Gasteiger partial charge in [0.05, 0.1) is 0 Å². The number of hydrogen-bond acceptors (Lipinski definition) is 2. The Bertz CT molecular complexity index is 462. The Morgan fingerprint density at radius 2 is 1.57 bits per heavy atom.